The van der Waals surface area contributed by atoms with Crippen LogP contribution in [0.15, 0.2) is 24.3 Å². The van der Waals surface area contributed by atoms with Gasteiger partial charge in [0.25, 0.3) is 0 Å². The lowest BCUT2D eigenvalue weighted by molar-refractivity contribution is 0.0407. The third kappa shape index (κ3) is 4.87. The fourth-order valence-corrected chi connectivity index (χ4v) is 1.66. The molecule has 4 nitrogen and oxygen atoms in total. The average Bonchev–Trinajstić information content (AvgIpc) is 2.27. The Bertz CT molecular complexity index is 440. The topological polar surface area (TPSA) is 46.6 Å². The molecule has 0 bridgehead atoms. The van der Waals surface area contributed by atoms with Gasteiger partial charge in [0.05, 0.1) is 22.7 Å². The number of ether oxygens (including phenoxy) is 1. The largest absolute Gasteiger partial charge is 0.443 e. The third-order valence-electron chi connectivity index (χ3n) is 2.00. The Morgan fingerprint density at radius 1 is 1.44 bits per heavy atom. The summed E-state index contributed by atoms with van der Waals surface area (Å²) in [5.41, 5.74) is 0.897. The summed E-state index contributed by atoms with van der Waals surface area (Å²) in [6.45, 7) is 5.74. The molecule has 1 aromatic carbocycles. The smallest absolute Gasteiger partial charge is 0.420 e. The predicted octanol–water partition coefficient (Wildman–Crippen LogP) is 3.55. The molecule has 0 spiro atoms. The van der Waals surface area contributed by atoms with Crippen LogP contribution < -0.4 is 0 Å². The maximum Gasteiger partial charge on any atom is 0.420 e. The summed E-state index contributed by atoms with van der Waals surface area (Å²) in [5, 5.41) is 0. The summed E-state index contributed by atoms with van der Waals surface area (Å²) < 4.78 is 6.49. The van der Waals surface area contributed by atoms with Crippen molar-refractivity contribution in [1.29, 1.82) is 0 Å². The quantitative estimate of drug-likeness (QED) is 0.633. The SMILES string of the molecule is CC(C)(C)OC(=O)N(Br)Cc1cccc(C=O)c1. The van der Waals surface area contributed by atoms with Gasteiger partial charge in [-0.1, -0.05) is 18.2 Å². The molecule has 0 aliphatic carbocycles. The summed E-state index contributed by atoms with van der Waals surface area (Å²) in [4.78, 5) is 22.4. The van der Waals surface area contributed by atoms with E-state index in [4.69, 9.17) is 4.74 Å². The normalized spacial score (nSPS) is 10.9. The molecule has 0 radical (unpaired) electrons. The van der Waals surface area contributed by atoms with Gasteiger partial charge in [-0.25, -0.2) is 8.72 Å². The molecule has 1 amide bonds. The molecule has 98 valence electrons. The first-order valence-corrected chi connectivity index (χ1v) is 6.23. The second-order valence-corrected chi connectivity index (χ2v) is 5.72. The van der Waals surface area contributed by atoms with Crippen molar-refractivity contribution in [3.05, 3.63) is 35.4 Å². The molecular formula is C13H16BrNO3. The van der Waals surface area contributed by atoms with Crippen molar-refractivity contribution in [3.8, 4) is 0 Å². The molecule has 0 aromatic heterocycles. The molecule has 0 unspecified atom stereocenters. The van der Waals surface area contributed by atoms with Crippen LogP contribution in [0.2, 0.25) is 0 Å². The molecule has 0 aliphatic heterocycles. The minimum Gasteiger partial charge on any atom is -0.443 e. The summed E-state index contributed by atoms with van der Waals surface area (Å²) >= 11 is 3.15. The molecule has 0 heterocycles. The van der Waals surface area contributed by atoms with Gasteiger partial charge < -0.3 is 4.74 Å². The fraction of sp³-hybridized carbons (Fsp3) is 0.385. The van der Waals surface area contributed by atoms with Crippen LogP contribution in [0, 0.1) is 0 Å². The van der Waals surface area contributed by atoms with E-state index < -0.39 is 11.7 Å². The Labute approximate surface area is 115 Å². The van der Waals surface area contributed by atoms with Crippen molar-refractivity contribution < 1.29 is 14.3 Å². The van der Waals surface area contributed by atoms with Crippen LogP contribution >= 0.6 is 16.1 Å². The fourth-order valence-electron chi connectivity index (χ4n) is 1.30. The Morgan fingerprint density at radius 2 is 2.11 bits per heavy atom. The lowest BCUT2D eigenvalue weighted by Gasteiger charge is -2.23. The number of benzene rings is 1. The second-order valence-electron chi connectivity index (χ2n) is 4.86. The van der Waals surface area contributed by atoms with E-state index >= 15 is 0 Å². The Balaban J connectivity index is 2.66. The summed E-state index contributed by atoms with van der Waals surface area (Å²) in [7, 11) is 0. The van der Waals surface area contributed by atoms with E-state index in [0.717, 1.165) is 11.8 Å². The highest BCUT2D eigenvalue weighted by Crippen LogP contribution is 2.15. The van der Waals surface area contributed by atoms with Gasteiger partial charge in [0.15, 0.2) is 0 Å². The Kier molecular flexibility index (Phi) is 4.90. The van der Waals surface area contributed by atoms with Crippen molar-refractivity contribution in [2.45, 2.75) is 32.9 Å². The van der Waals surface area contributed by atoms with E-state index in [1.165, 1.54) is 3.93 Å². The second kappa shape index (κ2) is 6.00. The van der Waals surface area contributed by atoms with Crippen LogP contribution in [0.1, 0.15) is 36.7 Å². The Hall–Kier alpha value is -1.36. The zero-order chi connectivity index (χ0) is 13.8. The van der Waals surface area contributed by atoms with Gasteiger partial charge in [-0.05, 0) is 32.4 Å². The van der Waals surface area contributed by atoms with Gasteiger partial charge >= 0.3 is 6.09 Å². The highest BCUT2D eigenvalue weighted by atomic mass is 79.9. The van der Waals surface area contributed by atoms with Gasteiger partial charge in [0, 0.05) is 5.56 Å². The first-order valence-electron chi connectivity index (χ1n) is 5.52. The van der Waals surface area contributed by atoms with Crippen LogP contribution in [0.5, 0.6) is 0 Å². The van der Waals surface area contributed by atoms with E-state index in [9.17, 15) is 9.59 Å². The maximum atomic E-state index is 11.7. The lowest BCUT2D eigenvalue weighted by Crippen LogP contribution is -2.30. The van der Waals surface area contributed by atoms with Crippen LogP contribution in [-0.2, 0) is 11.3 Å². The number of amides is 1. The van der Waals surface area contributed by atoms with Gasteiger partial charge in [-0.2, -0.15) is 0 Å². The number of nitrogens with zero attached hydrogens (tertiary/aromatic N) is 1. The number of halogens is 1. The summed E-state index contributed by atoms with van der Waals surface area (Å²) in [6.07, 6.45) is 0.314. The highest BCUT2D eigenvalue weighted by Gasteiger charge is 2.20. The summed E-state index contributed by atoms with van der Waals surface area (Å²) in [5.74, 6) is 0. The molecule has 0 saturated heterocycles. The number of rotatable bonds is 3. The van der Waals surface area contributed by atoms with Crippen LogP contribution in [-0.4, -0.2) is 21.9 Å². The predicted molar refractivity (Wildman–Crippen MR) is 72.5 cm³/mol. The van der Waals surface area contributed by atoms with Crippen molar-refractivity contribution in [2.75, 3.05) is 0 Å². The van der Waals surface area contributed by atoms with E-state index in [1.54, 1.807) is 39.0 Å². The number of hydrogen-bond acceptors (Lipinski definition) is 3. The van der Waals surface area contributed by atoms with Gasteiger partial charge in [-0.15, -0.1) is 0 Å². The summed E-state index contributed by atoms with van der Waals surface area (Å²) in [6, 6.07) is 7.05. The zero-order valence-electron chi connectivity index (χ0n) is 10.6. The maximum absolute atomic E-state index is 11.7. The van der Waals surface area contributed by atoms with Crippen molar-refractivity contribution in [1.82, 2.24) is 3.93 Å². The number of carbonyl (C=O) groups excluding carboxylic acids is 2. The average molecular weight is 314 g/mol. The standard InChI is InChI=1S/C13H16BrNO3/c1-13(2,3)18-12(17)15(14)8-10-5-4-6-11(7-10)9-16/h4-7,9H,8H2,1-3H3. The third-order valence-corrected chi connectivity index (χ3v) is 2.54. The molecule has 0 aliphatic rings. The number of aldehydes is 1. The monoisotopic (exact) mass is 313 g/mol. The first kappa shape index (κ1) is 14.7. The van der Waals surface area contributed by atoms with Crippen LogP contribution in [0.25, 0.3) is 0 Å². The zero-order valence-corrected chi connectivity index (χ0v) is 12.2. The number of carbonyl (C=O) groups is 2. The van der Waals surface area contributed by atoms with E-state index in [2.05, 4.69) is 16.1 Å². The van der Waals surface area contributed by atoms with Crippen LogP contribution in [0.3, 0.4) is 0 Å². The molecule has 1 rings (SSSR count). The van der Waals surface area contributed by atoms with Gasteiger partial charge in [0.2, 0.25) is 0 Å². The van der Waals surface area contributed by atoms with E-state index in [-0.39, 0.29) is 0 Å². The van der Waals surface area contributed by atoms with Crippen LogP contribution in [0.4, 0.5) is 4.79 Å². The molecular weight excluding hydrogens is 298 g/mol. The molecule has 0 fully saturated rings. The van der Waals surface area contributed by atoms with E-state index in [0.29, 0.717) is 12.1 Å². The lowest BCUT2D eigenvalue weighted by atomic mass is 10.1. The molecule has 1 aromatic rings. The van der Waals surface area contributed by atoms with Gasteiger partial charge in [-0.3, -0.25) is 4.79 Å². The van der Waals surface area contributed by atoms with Crippen molar-refractivity contribution >= 4 is 28.5 Å². The molecule has 18 heavy (non-hydrogen) atoms. The molecule has 0 N–H and O–H groups in total. The number of hydrogen-bond donors (Lipinski definition) is 0. The van der Waals surface area contributed by atoms with Gasteiger partial charge in [0.1, 0.15) is 11.9 Å². The molecule has 0 saturated carbocycles. The van der Waals surface area contributed by atoms with Crippen molar-refractivity contribution in [3.63, 3.8) is 0 Å². The molecule has 5 heteroatoms. The first-order chi connectivity index (χ1) is 8.31. The van der Waals surface area contributed by atoms with Crippen molar-refractivity contribution in [2.24, 2.45) is 0 Å². The highest BCUT2D eigenvalue weighted by molar-refractivity contribution is 9.07. The molecule has 0 atom stereocenters. The van der Waals surface area contributed by atoms with E-state index in [1.807, 2.05) is 6.07 Å². The Morgan fingerprint density at radius 3 is 2.67 bits per heavy atom. The minimum atomic E-state index is -0.534. The minimum absolute atomic E-state index is 0.330.